The zero-order valence-corrected chi connectivity index (χ0v) is 11.7. The first-order valence-corrected chi connectivity index (χ1v) is 6.64. The van der Waals surface area contributed by atoms with Gasteiger partial charge in [0.15, 0.2) is 0 Å². The number of ether oxygens (including phenoxy) is 1. The van der Waals surface area contributed by atoms with Crippen LogP contribution in [-0.2, 0) is 6.54 Å². The van der Waals surface area contributed by atoms with Crippen molar-refractivity contribution in [3.05, 3.63) is 59.4 Å². The Hall–Kier alpha value is -2.77. The summed E-state index contributed by atoms with van der Waals surface area (Å²) in [7, 11) is 1.64. The number of fused-ring (bicyclic) bond motifs is 1. The van der Waals surface area contributed by atoms with Crippen LogP contribution in [0.4, 0.5) is 0 Å². The highest BCUT2D eigenvalue weighted by atomic mass is 16.5. The number of aromatic nitrogens is 2. The average Bonchev–Trinajstić information content (AvgIpc) is 2.97. The number of rotatable bonds is 2. The van der Waals surface area contributed by atoms with Crippen LogP contribution in [0.25, 0.3) is 11.0 Å². The lowest BCUT2D eigenvalue weighted by atomic mass is 10.1. The number of nitrogens with zero attached hydrogens (tertiary/aromatic N) is 1. The third kappa shape index (κ3) is 2.73. The van der Waals surface area contributed by atoms with Gasteiger partial charge >= 0.3 is 0 Å². The van der Waals surface area contributed by atoms with Gasteiger partial charge in [0.2, 0.25) is 0 Å². The molecule has 3 N–H and O–H groups in total. The van der Waals surface area contributed by atoms with Crippen LogP contribution in [0.2, 0.25) is 0 Å². The normalized spacial score (nSPS) is 10.2. The maximum absolute atomic E-state index is 5.62. The smallest absolute Gasteiger partial charge is 0.121 e. The van der Waals surface area contributed by atoms with Gasteiger partial charge in [-0.05, 0) is 30.3 Å². The molecule has 21 heavy (non-hydrogen) atoms. The summed E-state index contributed by atoms with van der Waals surface area (Å²) in [4.78, 5) is 7.65. The lowest BCUT2D eigenvalue weighted by Crippen LogP contribution is -1.97. The summed E-state index contributed by atoms with van der Waals surface area (Å²) in [6.07, 6.45) is 0. The number of hydrogen-bond acceptors (Lipinski definition) is 3. The number of hydrogen-bond donors (Lipinski definition) is 2. The van der Waals surface area contributed by atoms with E-state index in [0.717, 1.165) is 33.7 Å². The molecular formula is C17H15N3O. The van der Waals surface area contributed by atoms with E-state index >= 15 is 0 Å². The first-order chi connectivity index (χ1) is 10.3. The van der Waals surface area contributed by atoms with Crippen LogP contribution in [0.3, 0.4) is 0 Å². The Morgan fingerprint density at radius 1 is 1.19 bits per heavy atom. The predicted molar refractivity (Wildman–Crippen MR) is 83.0 cm³/mol. The Kier molecular flexibility index (Phi) is 3.59. The minimum atomic E-state index is 0.386. The second kappa shape index (κ2) is 5.70. The molecule has 0 saturated heterocycles. The molecule has 4 nitrogen and oxygen atoms in total. The van der Waals surface area contributed by atoms with Crippen molar-refractivity contribution in [2.24, 2.45) is 5.73 Å². The van der Waals surface area contributed by atoms with E-state index in [0.29, 0.717) is 6.54 Å². The second-order valence-electron chi connectivity index (χ2n) is 4.57. The van der Waals surface area contributed by atoms with Gasteiger partial charge in [-0.3, -0.25) is 0 Å². The number of aromatic amines is 1. The van der Waals surface area contributed by atoms with E-state index in [1.807, 2.05) is 42.5 Å². The Balaban J connectivity index is 2.02. The highest BCUT2D eigenvalue weighted by Gasteiger charge is 2.04. The fourth-order valence-corrected chi connectivity index (χ4v) is 2.12. The SMILES string of the molecule is COc1cccc(C#Cc2cccc3[nH]c(CN)nc23)c1. The summed E-state index contributed by atoms with van der Waals surface area (Å²) < 4.78 is 5.20. The van der Waals surface area contributed by atoms with E-state index in [2.05, 4.69) is 21.8 Å². The van der Waals surface area contributed by atoms with Crippen molar-refractivity contribution in [3.8, 4) is 17.6 Å². The number of benzene rings is 2. The topological polar surface area (TPSA) is 63.9 Å². The summed E-state index contributed by atoms with van der Waals surface area (Å²) in [6, 6.07) is 13.6. The molecule has 0 radical (unpaired) electrons. The van der Waals surface area contributed by atoms with Gasteiger partial charge in [-0.15, -0.1) is 0 Å². The number of para-hydroxylation sites is 1. The molecule has 3 aromatic rings. The van der Waals surface area contributed by atoms with Crippen LogP contribution >= 0.6 is 0 Å². The van der Waals surface area contributed by atoms with Gasteiger partial charge in [-0.2, -0.15) is 0 Å². The highest BCUT2D eigenvalue weighted by molar-refractivity contribution is 5.82. The Bertz CT molecular complexity index is 840. The molecule has 0 saturated carbocycles. The Labute approximate surface area is 123 Å². The number of imidazole rings is 1. The lowest BCUT2D eigenvalue weighted by molar-refractivity contribution is 0.414. The van der Waals surface area contributed by atoms with Crippen LogP contribution in [0.5, 0.6) is 5.75 Å². The van der Waals surface area contributed by atoms with Crippen LogP contribution in [0.1, 0.15) is 17.0 Å². The first kappa shape index (κ1) is 13.2. The van der Waals surface area contributed by atoms with Gasteiger partial charge in [0, 0.05) is 5.56 Å². The molecule has 0 spiro atoms. The summed E-state index contributed by atoms with van der Waals surface area (Å²) >= 11 is 0. The van der Waals surface area contributed by atoms with E-state index in [4.69, 9.17) is 10.5 Å². The molecule has 0 amide bonds. The standard InChI is InChI=1S/C17H15N3O/c1-21-14-6-2-4-12(10-14)8-9-13-5-3-7-15-17(13)20-16(11-18)19-15/h2-7,10H,11,18H2,1H3,(H,19,20). The molecule has 2 aromatic carbocycles. The van der Waals surface area contributed by atoms with Crippen molar-refractivity contribution in [1.29, 1.82) is 0 Å². The summed E-state index contributed by atoms with van der Waals surface area (Å²) in [5.74, 6) is 7.86. The fourth-order valence-electron chi connectivity index (χ4n) is 2.12. The molecule has 0 unspecified atom stereocenters. The minimum Gasteiger partial charge on any atom is -0.497 e. The highest BCUT2D eigenvalue weighted by Crippen LogP contribution is 2.16. The maximum Gasteiger partial charge on any atom is 0.121 e. The molecule has 1 aromatic heterocycles. The Morgan fingerprint density at radius 3 is 2.86 bits per heavy atom. The van der Waals surface area contributed by atoms with E-state index in [1.54, 1.807) is 7.11 Å². The number of nitrogens with two attached hydrogens (primary N) is 1. The molecule has 0 fully saturated rings. The van der Waals surface area contributed by atoms with Gasteiger partial charge in [0.05, 0.1) is 24.7 Å². The quantitative estimate of drug-likeness (QED) is 0.707. The summed E-state index contributed by atoms with van der Waals surface area (Å²) in [6.45, 7) is 0.386. The minimum absolute atomic E-state index is 0.386. The third-order valence-electron chi connectivity index (χ3n) is 3.17. The van der Waals surface area contributed by atoms with Gasteiger partial charge in [-0.1, -0.05) is 24.0 Å². The number of methoxy groups -OCH3 is 1. The molecular weight excluding hydrogens is 262 g/mol. The Morgan fingerprint density at radius 2 is 2.05 bits per heavy atom. The van der Waals surface area contributed by atoms with Crippen molar-refractivity contribution < 1.29 is 4.74 Å². The molecule has 0 aliphatic heterocycles. The second-order valence-corrected chi connectivity index (χ2v) is 4.57. The lowest BCUT2D eigenvalue weighted by Gasteiger charge is -1.98. The molecule has 0 aliphatic carbocycles. The van der Waals surface area contributed by atoms with E-state index in [1.165, 1.54) is 0 Å². The van der Waals surface area contributed by atoms with Crippen LogP contribution in [-0.4, -0.2) is 17.1 Å². The van der Waals surface area contributed by atoms with Crippen molar-refractivity contribution in [2.75, 3.05) is 7.11 Å². The molecule has 0 atom stereocenters. The largest absolute Gasteiger partial charge is 0.497 e. The molecule has 3 rings (SSSR count). The van der Waals surface area contributed by atoms with E-state index in [9.17, 15) is 0 Å². The van der Waals surface area contributed by atoms with Crippen molar-refractivity contribution in [1.82, 2.24) is 9.97 Å². The van der Waals surface area contributed by atoms with E-state index < -0.39 is 0 Å². The molecule has 0 bridgehead atoms. The van der Waals surface area contributed by atoms with Crippen LogP contribution < -0.4 is 10.5 Å². The molecule has 1 heterocycles. The fraction of sp³-hybridized carbons (Fsp3) is 0.118. The monoisotopic (exact) mass is 277 g/mol. The summed E-state index contributed by atoms with van der Waals surface area (Å²) in [5, 5.41) is 0. The van der Waals surface area contributed by atoms with E-state index in [-0.39, 0.29) is 0 Å². The molecule has 4 heteroatoms. The number of H-pyrrole nitrogens is 1. The zero-order chi connectivity index (χ0) is 14.7. The van der Waals surface area contributed by atoms with Crippen molar-refractivity contribution >= 4 is 11.0 Å². The average molecular weight is 277 g/mol. The molecule has 0 aliphatic rings. The van der Waals surface area contributed by atoms with Gasteiger partial charge in [-0.25, -0.2) is 4.98 Å². The summed E-state index contributed by atoms with van der Waals surface area (Å²) in [5.41, 5.74) is 9.21. The van der Waals surface area contributed by atoms with Crippen molar-refractivity contribution in [3.63, 3.8) is 0 Å². The van der Waals surface area contributed by atoms with Gasteiger partial charge in [0.25, 0.3) is 0 Å². The third-order valence-corrected chi connectivity index (χ3v) is 3.17. The molecule has 104 valence electrons. The predicted octanol–water partition coefficient (Wildman–Crippen LogP) is 2.43. The number of nitrogens with one attached hydrogen (secondary N) is 1. The van der Waals surface area contributed by atoms with Gasteiger partial charge < -0.3 is 15.5 Å². The van der Waals surface area contributed by atoms with Crippen LogP contribution in [0, 0.1) is 11.8 Å². The van der Waals surface area contributed by atoms with Crippen LogP contribution in [0.15, 0.2) is 42.5 Å². The first-order valence-electron chi connectivity index (χ1n) is 6.64. The maximum atomic E-state index is 5.62. The van der Waals surface area contributed by atoms with Crippen molar-refractivity contribution in [2.45, 2.75) is 6.54 Å². The zero-order valence-electron chi connectivity index (χ0n) is 11.7. The van der Waals surface area contributed by atoms with Gasteiger partial charge in [0.1, 0.15) is 17.1 Å².